The molecule has 0 aromatic rings. The minimum Gasteiger partial charge on any atom is -0.376 e. The van der Waals surface area contributed by atoms with Gasteiger partial charge in [0, 0.05) is 0 Å². The average molecular weight is 153 g/mol. The molecule has 0 radical (unpaired) electrons. The molecule has 11 heavy (non-hydrogen) atoms. The van der Waals surface area contributed by atoms with Crippen molar-refractivity contribution < 1.29 is 5.11 Å². The van der Waals surface area contributed by atoms with Crippen LogP contribution < -0.4 is 0 Å². The molecule has 0 spiro atoms. The van der Waals surface area contributed by atoms with Crippen LogP contribution in [0.1, 0.15) is 33.6 Å². The third-order valence-corrected chi connectivity index (χ3v) is 1.42. The Morgan fingerprint density at radius 2 is 2.18 bits per heavy atom. The molecule has 0 aliphatic heterocycles. The summed E-state index contributed by atoms with van der Waals surface area (Å²) in [5.41, 5.74) is 0.0603. The van der Waals surface area contributed by atoms with E-state index in [-0.39, 0.29) is 0 Å². The molecule has 0 aromatic carbocycles. The summed E-state index contributed by atoms with van der Waals surface area (Å²) in [5, 5.41) is 17.7. The Hall–Kier alpha value is -0.810. The van der Waals surface area contributed by atoms with Crippen molar-refractivity contribution in [3.05, 3.63) is 11.6 Å². The van der Waals surface area contributed by atoms with Crippen LogP contribution in [0.5, 0.6) is 0 Å². The summed E-state index contributed by atoms with van der Waals surface area (Å²) in [6, 6.07) is 1.84. The normalized spacial score (nSPS) is 14.8. The van der Waals surface area contributed by atoms with Gasteiger partial charge in [0.1, 0.15) is 5.60 Å². The largest absolute Gasteiger partial charge is 0.376 e. The lowest BCUT2D eigenvalue weighted by molar-refractivity contribution is 0.111. The number of hydrogen-bond donors (Lipinski definition) is 1. The molecule has 1 atom stereocenters. The number of allylic oxidation sites excluding steroid dienone is 2. The zero-order valence-electron chi connectivity index (χ0n) is 7.39. The van der Waals surface area contributed by atoms with E-state index in [4.69, 9.17) is 5.26 Å². The van der Waals surface area contributed by atoms with Gasteiger partial charge in [0.25, 0.3) is 0 Å². The Kier molecular flexibility index (Phi) is 3.84. The molecule has 2 heteroatoms. The van der Waals surface area contributed by atoms with E-state index in [9.17, 15) is 5.11 Å². The fourth-order valence-corrected chi connectivity index (χ4v) is 0.698. The van der Waals surface area contributed by atoms with E-state index in [0.717, 1.165) is 6.42 Å². The molecule has 0 rings (SSSR count). The van der Waals surface area contributed by atoms with Crippen LogP contribution in [-0.2, 0) is 0 Å². The van der Waals surface area contributed by atoms with Crippen molar-refractivity contribution in [2.24, 2.45) is 0 Å². The van der Waals surface area contributed by atoms with Gasteiger partial charge < -0.3 is 5.11 Å². The zero-order valence-corrected chi connectivity index (χ0v) is 7.39. The molecule has 0 aromatic heterocycles. The minimum absolute atomic E-state index is 0.509. The van der Waals surface area contributed by atoms with Gasteiger partial charge in [0.15, 0.2) is 0 Å². The lowest BCUT2D eigenvalue weighted by Crippen LogP contribution is -2.20. The average Bonchev–Trinajstić information content (AvgIpc) is 1.87. The van der Waals surface area contributed by atoms with Crippen LogP contribution >= 0.6 is 0 Å². The molecule has 2 nitrogen and oxygen atoms in total. The lowest BCUT2D eigenvalue weighted by Gasteiger charge is -2.11. The van der Waals surface area contributed by atoms with Crippen molar-refractivity contribution in [3.8, 4) is 6.07 Å². The molecular weight excluding hydrogens is 138 g/mol. The predicted molar refractivity (Wildman–Crippen MR) is 44.9 cm³/mol. The second-order valence-corrected chi connectivity index (χ2v) is 3.21. The summed E-state index contributed by atoms with van der Waals surface area (Å²) in [7, 11) is 0. The number of hydrogen-bond acceptors (Lipinski definition) is 2. The van der Waals surface area contributed by atoms with Gasteiger partial charge in [-0.25, -0.2) is 0 Å². The Labute approximate surface area is 68.2 Å². The summed E-state index contributed by atoms with van der Waals surface area (Å²) < 4.78 is 0. The fraction of sp³-hybridized carbons (Fsp3) is 0.667. The first-order valence-corrected chi connectivity index (χ1v) is 3.75. The Morgan fingerprint density at radius 1 is 1.64 bits per heavy atom. The SMILES string of the molecule is CC(C)=CCC[C@@](C)(O)C#N. The molecule has 0 fully saturated rings. The highest BCUT2D eigenvalue weighted by Crippen LogP contribution is 2.11. The summed E-state index contributed by atoms with van der Waals surface area (Å²) in [6.45, 7) is 5.54. The van der Waals surface area contributed by atoms with Gasteiger partial charge in [-0.1, -0.05) is 11.6 Å². The third-order valence-electron chi connectivity index (χ3n) is 1.42. The highest BCUT2D eigenvalue weighted by Gasteiger charge is 2.16. The molecular formula is C9H15NO. The second kappa shape index (κ2) is 4.15. The first-order chi connectivity index (χ1) is 4.98. The van der Waals surface area contributed by atoms with Gasteiger partial charge in [0.05, 0.1) is 6.07 Å². The van der Waals surface area contributed by atoms with Gasteiger partial charge in [-0.2, -0.15) is 5.26 Å². The van der Waals surface area contributed by atoms with Crippen LogP contribution in [0, 0.1) is 11.3 Å². The number of aliphatic hydroxyl groups is 1. The van der Waals surface area contributed by atoms with Crippen molar-refractivity contribution in [3.63, 3.8) is 0 Å². The molecule has 0 aliphatic rings. The van der Waals surface area contributed by atoms with Crippen molar-refractivity contribution >= 4 is 0 Å². The van der Waals surface area contributed by atoms with E-state index in [1.807, 2.05) is 26.0 Å². The Morgan fingerprint density at radius 3 is 2.55 bits per heavy atom. The quantitative estimate of drug-likeness (QED) is 0.498. The fourth-order valence-electron chi connectivity index (χ4n) is 0.698. The van der Waals surface area contributed by atoms with E-state index in [1.165, 1.54) is 12.5 Å². The van der Waals surface area contributed by atoms with Crippen LogP contribution in [0.2, 0.25) is 0 Å². The smallest absolute Gasteiger partial charge is 0.148 e. The highest BCUT2D eigenvalue weighted by atomic mass is 16.3. The van der Waals surface area contributed by atoms with Crippen molar-refractivity contribution in [1.29, 1.82) is 5.26 Å². The van der Waals surface area contributed by atoms with Gasteiger partial charge in [-0.15, -0.1) is 0 Å². The Balaban J connectivity index is 3.74. The van der Waals surface area contributed by atoms with E-state index in [0.29, 0.717) is 6.42 Å². The molecule has 62 valence electrons. The van der Waals surface area contributed by atoms with Crippen LogP contribution in [-0.4, -0.2) is 10.7 Å². The molecule has 0 aliphatic carbocycles. The van der Waals surface area contributed by atoms with Gasteiger partial charge in [-0.3, -0.25) is 0 Å². The van der Waals surface area contributed by atoms with E-state index < -0.39 is 5.60 Å². The van der Waals surface area contributed by atoms with E-state index >= 15 is 0 Å². The molecule has 0 heterocycles. The maximum absolute atomic E-state index is 9.25. The second-order valence-electron chi connectivity index (χ2n) is 3.21. The molecule has 0 saturated heterocycles. The predicted octanol–water partition coefficient (Wildman–Crippen LogP) is 2.01. The van der Waals surface area contributed by atoms with Crippen LogP contribution in [0.15, 0.2) is 11.6 Å². The molecule has 0 unspecified atom stereocenters. The molecule has 0 amide bonds. The number of nitriles is 1. The van der Waals surface area contributed by atoms with Crippen molar-refractivity contribution in [2.45, 2.75) is 39.2 Å². The minimum atomic E-state index is -1.16. The maximum Gasteiger partial charge on any atom is 0.148 e. The van der Waals surface area contributed by atoms with Crippen molar-refractivity contribution in [2.75, 3.05) is 0 Å². The van der Waals surface area contributed by atoms with Gasteiger partial charge >= 0.3 is 0 Å². The number of rotatable bonds is 3. The third kappa shape index (κ3) is 5.63. The molecule has 1 N–H and O–H groups in total. The monoisotopic (exact) mass is 153 g/mol. The van der Waals surface area contributed by atoms with Crippen molar-refractivity contribution in [1.82, 2.24) is 0 Å². The molecule has 0 bridgehead atoms. The van der Waals surface area contributed by atoms with Gasteiger partial charge in [-0.05, 0) is 33.6 Å². The van der Waals surface area contributed by atoms with Crippen LogP contribution in [0.25, 0.3) is 0 Å². The summed E-state index contributed by atoms with van der Waals surface area (Å²) in [4.78, 5) is 0. The Bertz CT molecular complexity index is 182. The van der Waals surface area contributed by atoms with E-state index in [2.05, 4.69) is 0 Å². The molecule has 0 saturated carbocycles. The zero-order chi connectivity index (χ0) is 8.91. The topological polar surface area (TPSA) is 44.0 Å². The summed E-state index contributed by atoms with van der Waals surface area (Å²) in [6.07, 6.45) is 3.30. The van der Waals surface area contributed by atoms with Gasteiger partial charge in [0.2, 0.25) is 0 Å². The summed E-state index contributed by atoms with van der Waals surface area (Å²) >= 11 is 0. The standard InChI is InChI=1S/C9H15NO/c1-8(2)5-4-6-9(3,11)7-10/h5,11H,4,6H2,1-3H3/t9-/m1/s1. The van der Waals surface area contributed by atoms with Crippen LogP contribution in [0.4, 0.5) is 0 Å². The van der Waals surface area contributed by atoms with Crippen LogP contribution in [0.3, 0.4) is 0 Å². The van der Waals surface area contributed by atoms with E-state index in [1.54, 1.807) is 0 Å². The first kappa shape index (κ1) is 10.2. The maximum atomic E-state index is 9.25. The first-order valence-electron chi connectivity index (χ1n) is 3.75. The number of nitrogens with zero attached hydrogens (tertiary/aromatic N) is 1. The lowest BCUT2D eigenvalue weighted by atomic mass is 10.0. The highest BCUT2D eigenvalue weighted by molar-refractivity contribution is 5.00. The summed E-state index contributed by atoms with van der Waals surface area (Å²) in [5.74, 6) is 0.